The van der Waals surface area contributed by atoms with Crippen LogP contribution in [-0.4, -0.2) is 43.2 Å². The highest BCUT2D eigenvalue weighted by Crippen LogP contribution is 2.55. The van der Waals surface area contributed by atoms with E-state index in [0.29, 0.717) is 30.2 Å². The summed E-state index contributed by atoms with van der Waals surface area (Å²) in [6.45, 7) is 2.90. The molecule has 0 bridgehead atoms. The number of benzene rings is 3. The number of carbonyl (C=O) groups is 2. The molecule has 2 amide bonds. The molecule has 2 aliphatic rings. The fourth-order valence-electron chi connectivity index (χ4n) is 4.75. The van der Waals surface area contributed by atoms with Gasteiger partial charge in [0, 0.05) is 23.4 Å². The van der Waals surface area contributed by atoms with Crippen molar-refractivity contribution in [2.45, 2.75) is 18.3 Å². The monoisotopic (exact) mass is 474 g/mol. The maximum atomic E-state index is 14.2. The summed E-state index contributed by atoms with van der Waals surface area (Å²) in [7, 11) is 3.21. The molecule has 174 valence electrons. The molecule has 3 aromatic rings. The normalized spacial score (nSPS) is 19.0. The van der Waals surface area contributed by atoms with Crippen LogP contribution >= 0.6 is 11.8 Å². The molecule has 0 N–H and O–H groups in total. The molecule has 34 heavy (non-hydrogen) atoms. The van der Waals surface area contributed by atoms with Gasteiger partial charge in [0.1, 0.15) is 11.5 Å². The van der Waals surface area contributed by atoms with Crippen LogP contribution in [0.5, 0.6) is 11.5 Å². The predicted molar refractivity (Wildman–Crippen MR) is 134 cm³/mol. The second-order valence-electron chi connectivity index (χ2n) is 8.44. The molecule has 7 heteroatoms. The predicted octanol–water partition coefficient (Wildman–Crippen LogP) is 4.60. The third-order valence-corrected chi connectivity index (χ3v) is 7.80. The van der Waals surface area contributed by atoms with E-state index in [1.807, 2.05) is 49.4 Å². The Balaban J connectivity index is 1.58. The molecular formula is C27H26N2O4S. The van der Waals surface area contributed by atoms with Gasteiger partial charge in [-0.15, -0.1) is 11.8 Å². The zero-order valence-electron chi connectivity index (χ0n) is 19.4. The molecule has 1 spiro atoms. The number of thioether (sulfide) groups is 1. The Bertz CT molecular complexity index is 1280. The van der Waals surface area contributed by atoms with E-state index in [-0.39, 0.29) is 11.8 Å². The summed E-state index contributed by atoms with van der Waals surface area (Å²) in [5.41, 5.74) is 4.24. The SMILES string of the molecule is COc1cccc(CN2C(=O)[C@@]3(SCCN3C(=O)c3cccc(OC)c3)c3cc(C)ccc32)c1. The molecule has 0 aromatic heterocycles. The van der Waals surface area contributed by atoms with Crippen molar-refractivity contribution < 1.29 is 19.1 Å². The summed E-state index contributed by atoms with van der Waals surface area (Å²) in [6.07, 6.45) is 0. The topological polar surface area (TPSA) is 59.1 Å². The zero-order chi connectivity index (χ0) is 23.9. The number of ether oxygens (including phenoxy) is 2. The molecule has 0 aliphatic carbocycles. The van der Waals surface area contributed by atoms with E-state index in [9.17, 15) is 9.59 Å². The van der Waals surface area contributed by atoms with Gasteiger partial charge in [-0.3, -0.25) is 9.59 Å². The van der Waals surface area contributed by atoms with Crippen molar-refractivity contribution >= 4 is 29.3 Å². The molecule has 6 nitrogen and oxygen atoms in total. The maximum Gasteiger partial charge on any atom is 0.268 e. The first kappa shape index (κ1) is 22.3. The first-order valence-corrected chi connectivity index (χ1v) is 12.1. The van der Waals surface area contributed by atoms with E-state index in [4.69, 9.17) is 9.47 Å². The molecule has 0 saturated carbocycles. The number of nitrogens with zero attached hydrogens (tertiary/aromatic N) is 2. The van der Waals surface area contributed by atoms with Crippen molar-refractivity contribution in [2.75, 3.05) is 31.4 Å². The Morgan fingerprint density at radius 2 is 1.74 bits per heavy atom. The lowest BCUT2D eigenvalue weighted by Crippen LogP contribution is -2.50. The number of hydrogen-bond donors (Lipinski definition) is 0. The van der Waals surface area contributed by atoms with E-state index >= 15 is 0 Å². The molecule has 0 unspecified atom stereocenters. The standard InChI is InChI=1S/C27H26N2O4S/c1-18-10-11-24-23(14-18)27(26(31)28(24)17-19-6-4-8-21(15-19)32-2)29(12-13-34-27)25(30)20-7-5-9-22(16-20)33-3/h4-11,14-16H,12-13,17H2,1-3H3/t27-/m0/s1. The molecule has 1 fully saturated rings. The lowest BCUT2D eigenvalue weighted by atomic mass is 10.0. The minimum atomic E-state index is -1.08. The van der Waals surface area contributed by atoms with Gasteiger partial charge in [-0.2, -0.15) is 0 Å². The highest BCUT2D eigenvalue weighted by Gasteiger charge is 2.59. The molecule has 2 aliphatic heterocycles. The number of carbonyl (C=O) groups excluding carboxylic acids is 2. The minimum Gasteiger partial charge on any atom is -0.497 e. The Morgan fingerprint density at radius 1 is 1.00 bits per heavy atom. The van der Waals surface area contributed by atoms with Crippen LogP contribution in [0, 0.1) is 6.92 Å². The van der Waals surface area contributed by atoms with Gasteiger partial charge in [0.05, 0.1) is 26.5 Å². The van der Waals surface area contributed by atoms with Crippen LogP contribution in [-0.2, 0) is 16.2 Å². The van der Waals surface area contributed by atoms with Crippen molar-refractivity contribution in [3.05, 3.63) is 89.0 Å². The van der Waals surface area contributed by atoms with E-state index < -0.39 is 4.87 Å². The van der Waals surface area contributed by atoms with Crippen LogP contribution in [0.3, 0.4) is 0 Å². The van der Waals surface area contributed by atoms with Gasteiger partial charge in [0.25, 0.3) is 11.8 Å². The van der Waals surface area contributed by atoms with Gasteiger partial charge >= 0.3 is 0 Å². The first-order chi connectivity index (χ1) is 16.5. The number of fused-ring (bicyclic) bond motifs is 2. The molecular weight excluding hydrogens is 448 g/mol. The van der Waals surface area contributed by atoms with Crippen LogP contribution in [0.15, 0.2) is 66.7 Å². The largest absolute Gasteiger partial charge is 0.497 e. The van der Waals surface area contributed by atoms with Crippen LogP contribution in [0.25, 0.3) is 0 Å². The molecule has 1 atom stereocenters. The quantitative estimate of drug-likeness (QED) is 0.541. The van der Waals surface area contributed by atoms with E-state index in [0.717, 1.165) is 28.1 Å². The fraction of sp³-hybridized carbons (Fsp3) is 0.259. The highest BCUT2D eigenvalue weighted by molar-refractivity contribution is 8.01. The van der Waals surface area contributed by atoms with Crippen molar-refractivity contribution in [1.82, 2.24) is 4.90 Å². The zero-order valence-corrected chi connectivity index (χ0v) is 20.2. The van der Waals surface area contributed by atoms with Crippen molar-refractivity contribution in [3.63, 3.8) is 0 Å². The maximum absolute atomic E-state index is 14.2. The number of methoxy groups -OCH3 is 2. The highest BCUT2D eigenvalue weighted by atomic mass is 32.2. The Hall–Kier alpha value is -3.45. The number of aryl methyl sites for hydroxylation is 1. The van der Waals surface area contributed by atoms with Gasteiger partial charge in [0.2, 0.25) is 0 Å². The smallest absolute Gasteiger partial charge is 0.268 e. The average molecular weight is 475 g/mol. The van der Waals surface area contributed by atoms with E-state index in [1.54, 1.807) is 48.3 Å². The molecule has 2 heterocycles. The first-order valence-electron chi connectivity index (χ1n) is 11.1. The van der Waals surface area contributed by atoms with E-state index in [1.165, 1.54) is 11.8 Å². The second kappa shape index (κ2) is 8.72. The van der Waals surface area contributed by atoms with Crippen LogP contribution in [0.4, 0.5) is 5.69 Å². The molecule has 5 rings (SSSR count). The Morgan fingerprint density at radius 3 is 2.50 bits per heavy atom. The summed E-state index contributed by atoms with van der Waals surface area (Å²) in [4.78, 5) is 30.4. The molecule has 0 radical (unpaired) electrons. The van der Waals surface area contributed by atoms with Crippen molar-refractivity contribution in [3.8, 4) is 11.5 Å². The lowest BCUT2D eigenvalue weighted by molar-refractivity contribution is -0.123. The van der Waals surface area contributed by atoms with Gasteiger partial charge in [0.15, 0.2) is 4.87 Å². The van der Waals surface area contributed by atoms with E-state index in [2.05, 4.69) is 0 Å². The van der Waals surface area contributed by atoms with Crippen LogP contribution in [0.1, 0.15) is 27.0 Å². The minimum absolute atomic E-state index is 0.0883. The molecule has 1 saturated heterocycles. The summed E-state index contributed by atoms with van der Waals surface area (Å²) in [5, 5.41) is 0. The summed E-state index contributed by atoms with van der Waals surface area (Å²) in [5.74, 6) is 1.78. The van der Waals surface area contributed by atoms with Crippen molar-refractivity contribution in [2.24, 2.45) is 0 Å². The number of rotatable bonds is 5. The summed E-state index contributed by atoms with van der Waals surface area (Å²) in [6, 6.07) is 20.9. The van der Waals surface area contributed by atoms with Gasteiger partial charge < -0.3 is 19.3 Å². The summed E-state index contributed by atoms with van der Waals surface area (Å²) >= 11 is 1.53. The van der Waals surface area contributed by atoms with Gasteiger partial charge in [-0.25, -0.2) is 0 Å². The van der Waals surface area contributed by atoms with Crippen LogP contribution < -0.4 is 14.4 Å². The fourth-order valence-corrected chi connectivity index (χ4v) is 6.20. The summed E-state index contributed by atoms with van der Waals surface area (Å²) < 4.78 is 10.7. The molecule has 3 aromatic carbocycles. The Kier molecular flexibility index (Phi) is 5.73. The van der Waals surface area contributed by atoms with Gasteiger partial charge in [-0.05, 0) is 48.9 Å². The number of hydrogen-bond acceptors (Lipinski definition) is 5. The second-order valence-corrected chi connectivity index (χ2v) is 9.73. The number of anilines is 1. The number of amides is 2. The van der Waals surface area contributed by atoms with Crippen LogP contribution in [0.2, 0.25) is 0 Å². The van der Waals surface area contributed by atoms with Gasteiger partial charge in [-0.1, -0.05) is 35.9 Å². The van der Waals surface area contributed by atoms with Crippen molar-refractivity contribution in [1.29, 1.82) is 0 Å². The average Bonchev–Trinajstić information content (AvgIpc) is 3.40. The third kappa shape index (κ3) is 3.51. The Labute approximate surface area is 203 Å². The third-order valence-electron chi connectivity index (χ3n) is 6.39. The lowest BCUT2D eigenvalue weighted by Gasteiger charge is -2.33.